The van der Waals surface area contributed by atoms with Crippen molar-refractivity contribution in [2.75, 3.05) is 7.11 Å². The van der Waals surface area contributed by atoms with Crippen molar-refractivity contribution in [3.05, 3.63) is 100 Å². The Bertz CT molecular complexity index is 1170. The number of esters is 1. The summed E-state index contributed by atoms with van der Waals surface area (Å²) in [4.78, 5) is 26.8. The summed E-state index contributed by atoms with van der Waals surface area (Å²) < 4.78 is 5.31. The van der Waals surface area contributed by atoms with Gasteiger partial charge in [0.15, 0.2) is 0 Å². The summed E-state index contributed by atoms with van der Waals surface area (Å²) in [6.07, 6.45) is 1.87. The van der Waals surface area contributed by atoms with Crippen molar-refractivity contribution in [3.8, 4) is 11.1 Å². The van der Waals surface area contributed by atoms with Crippen LogP contribution >= 0.6 is 24.0 Å². The fourth-order valence-corrected chi connectivity index (χ4v) is 4.53. The molecule has 0 aromatic heterocycles. The second-order valence-electron chi connectivity index (χ2n) is 6.95. The van der Waals surface area contributed by atoms with E-state index in [4.69, 9.17) is 17.0 Å². The van der Waals surface area contributed by atoms with Crippen molar-refractivity contribution in [2.45, 2.75) is 20.4 Å². The zero-order chi connectivity index (χ0) is 23.8. The third-order valence-corrected chi connectivity index (χ3v) is 6.26. The van der Waals surface area contributed by atoms with Gasteiger partial charge in [0, 0.05) is 0 Å². The van der Waals surface area contributed by atoms with Gasteiger partial charge in [-0.25, -0.2) is 4.79 Å². The van der Waals surface area contributed by atoms with E-state index in [1.54, 1.807) is 17.0 Å². The molecule has 0 spiro atoms. The van der Waals surface area contributed by atoms with Gasteiger partial charge >= 0.3 is 5.97 Å². The van der Waals surface area contributed by atoms with Gasteiger partial charge in [-0.3, -0.25) is 9.69 Å². The Morgan fingerprint density at radius 1 is 0.970 bits per heavy atom. The maximum atomic E-state index is 12.9. The number of thiocarbonyl (C=S) groups is 1. The van der Waals surface area contributed by atoms with Crippen molar-refractivity contribution >= 4 is 46.3 Å². The first kappa shape index (κ1) is 24.4. The van der Waals surface area contributed by atoms with Gasteiger partial charge < -0.3 is 4.74 Å². The second kappa shape index (κ2) is 11.6. The van der Waals surface area contributed by atoms with Crippen LogP contribution in [0.25, 0.3) is 17.2 Å². The first-order valence-electron chi connectivity index (χ1n) is 10.6. The molecule has 1 aliphatic rings. The molecule has 0 unspecified atom stereocenters. The molecule has 3 aromatic rings. The Kier molecular flexibility index (Phi) is 8.58. The summed E-state index contributed by atoms with van der Waals surface area (Å²) in [6, 6.07) is 25.0. The number of hydrogen-bond donors (Lipinski definition) is 0. The smallest absolute Gasteiger partial charge is 0.337 e. The Morgan fingerprint density at radius 3 is 2.33 bits per heavy atom. The molecule has 0 N–H and O–H groups in total. The lowest BCUT2D eigenvalue weighted by atomic mass is 10.0. The lowest BCUT2D eigenvalue weighted by Gasteiger charge is -2.14. The van der Waals surface area contributed by atoms with Crippen LogP contribution in [0.15, 0.2) is 83.8 Å². The summed E-state index contributed by atoms with van der Waals surface area (Å²) in [5.74, 6) is -0.440. The van der Waals surface area contributed by atoms with Crippen molar-refractivity contribution in [3.63, 3.8) is 0 Å². The van der Waals surface area contributed by atoms with Crippen molar-refractivity contribution in [2.24, 2.45) is 0 Å². The van der Waals surface area contributed by atoms with Crippen LogP contribution in [0.4, 0.5) is 0 Å². The summed E-state index contributed by atoms with van der Waals surface area (Å²) in [7, 11) is 1.36. The topological polar surface area (TPSA) is 46.6 Å². The number of rotatable bonds is 5. The van der Waals surface area contributed by atoms with Crippen LogP contribution in [0.2, 0.25) is 0 Å². The summed E-state index contributed by atoms with van der Waals surface area (Å²) >= 11 is 6.77. The molecule has 33 heavy (non-hydrogen) atoms. The van der Waals surface area contributed by atoms with Gasteiger partial charge in [-0.2, -0.15) is 0 Å². The second-order valence-corrected chi connectivity index (χ2v) is 8.62. The monoisotopic (exact) mass is 475 g/mol. The van der Waals surface area contributed by atoms with E-state index in [0.29, 0.717) is 21.3 Å². The van der Waals surface area contributed by atoms with E-state index < -0.39 is 0 Å². The Labute approximate surface area is 204 Å². The van der Waals surface area contributed by atoms with Crippen LogP contribution in [0, 0.1) is 0 Å². The molecule has 0 atom stereocenters. The molecular formula is C27H25NO3S2. The number of nitrogens with zero attached hydrogens (tertiary/aromatic N) is 1. The lowest BCUT2D eigenvalue weighted by Crippen LogP contribution is -2.27. The highest BCUT2D eigenvalue weighted by atomic mass is 32.2. The minimum absolute atomic E-state index is 0.0771. The molecule has 0 radical (unpaired) electrons. The molecule has 0 aliphatic carbocycles. The molecular weight excluding hydrogens is 450 g/mol. The molecule has 1 saturated heterocycles. The highest BCUT2D eigenvalue weighted by Crippen LogP contribution is 2.34. The number of hydrogen-bond acceptors (Lipinski definition) is 5. The first-order chi connectivity index (χ1) is 16.0. The molecule has 1 fully saturated rings. The van der Waals surface area contributed by atoms with Gasteiger partial charge in [0.2, 0.25) is 0 Å². The van der Waals surface area contributed by atoms with Crippen LogP contribution in [-0.4, -0.2) is 28.2 Å². The fraction of sp³-hybridized carbons (Fsp3) is 0.148. The predicted molar refractivity (Wildman–Crippen MR) is 140 cm³/mol. The number of methoxy groups -OCH3 is 1. The van der Waals surface area contributed by atoms with Crippen LogP contribution in [0.3, 0.4) is 0 Å². The molecule has 3 aromatic carbocycles. The van der Waals surface area contributed by atoms with E-state index in [1.165, 1.54) is 18.9 Å². The average Bonchev–Trinajstić information content (AvgIpc) is 3.13. The normalized spacial score (nSPS) is 14.2. The molecule has 1 amide bonds. The third kappa shape index (κ3) is 5.97. The summed E-state index contributed by atoms with van der Waals surface area (Å²) in [5, 5.41) is 0. The molecule has 4 rings (SSSR count). The highest BCUT2D eigenvalue weighted by molar-refractivity contribution is 8.26. The van der Waals surface area contributed by atoms with Crippen LogP contribution in [0.5, 0.6) is 0 Å². The van der Waals surface area contributed by atoms with Gasteiger partial charge in [-0.1, -0.05) is 98.5 Å². The van der Waals surface area contributed by atoms with Crippen LogP contribution in [-0.2, 0) is 16.1 Å². The van der Waals surface area contributed by atoms with Crippen LogP contribution in [0.1, 0.15) is 35.3 Å². The van der Waals surface area contributed by atoms with Crippen molar-refractivity contribution < 1.29 is 14.3 Å². The Hall–Kier alpha value is -3.22. The van der Waals surface area contributed by atoms with E-state index in [0.717, 1.165) is 22.3 Å². The number of amides is 1. The highest BCUT2D eigenvalue weighted by Gasteiger charge is 2.31. The quantitative estimate of drug-likeness (QED) is 0.237. The molecule has 168 valence electrons. The fourth-order valence-electron chi connectivity index (χ4n) is 3.28. The molecule has 1 heterocycles. The number of carbonyl (C=O) groups is 2. The minimum atomic E-state index is -0.363. The minimum Gasteiger partial charge on any atom is -0.465 e. The van der Waals surface area contributed by atoms with Crippen LogP contribution < -0.4 is 0 Å². The largest absolute Gasteiger partial charge is 0.465 e. The summed E-state index contributed by atoms with van der Waals surface area (Å²) in [5.41, 5.74) is 4.42. The van der Waals surface area contributed by atoms with E-state index in [2.05, 4.69) is 0 Å². The summed E-state index contributed by atoms with van der Waals surface area (Å²) in [6.45, 7) is 4.47. The zero-order valence-electron chi connectivity index (χ0n) is 18.8. The van der Waals surface area contributed by atoms with Gasteiger partial charge in [0.05, 0.1) is 24.1 Å². The standard InChI is InChI=1S/C25H19NO3S2.C2H6/c1-29-24(28)20-12-10-19(11-13-20)21-9-5-8-18(14-21)15-22-23(27)26(25(30)31-22)16-17-6-3-2-4-7-17;1-2/h2-15H,16H2,1H3;1-2H3/b22-15-;. The Morgan fingerprint density at radius 2 is 1.67 bits per heavy atom. The molecule has 0 saturated carbocycles. The SMILES string of the molecule is CC.COC(=O)c1ccc(-c2cccc(/C=C3\SC(=S)N(Cc4ccccc4)C3=O)c2)cc1. The van der Waals surface area contributed by atoms with Crippen molar-refractivity contribution in [1.29, 1.82) is 0 Å². The third-order valence-electron chi connectivity index (χ3n) is 4.88. The van der Waals surface area contributed by atoms with Gasteiger partial charge in [-0.05, 0) is 46.5 Å². The molecule has 6 heteroatoms. The zero-order valence-corrected chi connectivity index (χ0v) is 20.4. The van der Waals surface area contributed by atoms with Gasteiger partial charge in [-0.15, -0.1) is 0 Å². The van der Waals surface area contributed by atoms with Gasteiger partial charge in [0.25, 0.3) is 5.91 Å². The molecule has 0 bridgehead atoms. The predicted octanol–water partition coefficient (Wildman–Crippen LogP) is 6.57. The molecule has 1 aliphatic heterocycles. The number of benzene rings is 3. The maximum absolute atomic E-state index is 12.9. The molecule has 4 nitrogen and oxygen atoms in total. The number of thioether (sulfide) groups is 1. The maximum Gasteiger partial charge on any atom is 0.337 e. The van der Waals surface area contributed by atoms with E-state index in [1.807, 2.05) is 86.7 Å². The number of ether oxygens (including phenoxy) is 1. The van der Waals surface area contributed by atoms with Crippen molar-refractivity contribution in [1.82, 2.24) is 4.90 Å². The van der Waals surface area contributed by atoms with E-state index in [-0.39, 0.29) is 11.9 Å². The number of carbonyl (C=O) groups excluding carboxylic acids is 2. The van der Waals surface area contributed by atoms with E-state index >= 15 is 0 Å². The lowest BCUT2D eigenvalue weighted by molar-refractivity contribution is -0.122. The Balaban J connectivity index is 0.00000149. The first-order valence-corrected chi connectivity index (χ1v) is 11.9. The average molecular weight is 476 g/mol. The van der Waals surface area contributed by atoms with E-state index in [9.17, 15) is 9.59 Å². The van der Waals surface area contributed by atoms with Gasteiger partial charge in [0.1, 0.15) is 4.32 Å².